The molecule has 2 aromatic rings. The molecule has 9 heteroatoms. The molecule has 0 bridgehead atoms. The highest BCUT2D eigenvalue weighted by atomic mass is 79.9. The van der Waals surface area contributed by atoms with Crippen LogP contribution in [-0.4, -0.2) is 39.8 Å². The van der Waals surface area contributed by atoms with Crippen LogP contribution in [0.3, 0.4) is 0 Å². The first kappa shape index (κ1) is 15.8. The Morgan fingerprint density at radius 2 is 2.00 bits per heavy atom. The van der Waals surface area contributed by atoms with Gasteiger partial charge in [0.05, 0.1) is 28.8 Å². The molecule has 0 aliphatic rings. The van der Waals surface area contributed by atoms with Gasteiger partial charge in [-0.1, -0.05) is 5.21 Å². The number of hydrogen-bond acceptors (Lipinski definition) is 5. The van der Waals surface area contributed by atoms with Crippen molar-refractivity contribution in [3.8, 4) is 11.5 Å². The summed E-state index contributed by atoms with van der Waals surface area (Å²) in [6, 6.07) is 3.57. The van der Waals surface area contributed by atoms with Crippen LogP contribution in [-0.2, 0) is 6.54 Å². The lowest BCUT2D eigenvalue weighted by Gasteiger charge is -2.11. The van der Waals surface area contributed by atoms with Gasteiger partial charge in [0.1, 0.15) is 18.1 Å². The van der Waals surface area contributed by atoms with Gasteiger partial charge in [-0.05, 0) is 44.0 Å². The van der Waals surface area contributed by atoms with Crippen LogP contribution in [0.15, 0.2) is 27.3 Å². The largest absolute Gasteiger partial charge is 0.496 e. The first-order valence-electron chi connectivity index (χ1n) is 5.80. The molecule has 1 aromatic heterocycles. The van der Waals surface area contributed by atoms with Crippen LogP contribution in [0.25, 0.3) is 0 Å². The zero-order valence-corrected chi connectivity index (χ0v) is 14.1. The molecule has 2 rings (SSSR count). The van der Waals surface area contributed by atoms with E-state index >= 15 is 0 Å². The first-order valence-corrected chi connectivity index (χ1v) is 7.39. The second-order valence-corrected chi connectivity index (χ2v) is 5.65. The molecule has 0 saturated carbocycles. The number of nitrogens with zero attached hydrogens (tertiary/aromatic N) is 3. The third kappa shape index (κ3) is 3.94. The third-order valence-corrected chi connectivity index (χ3v) is 3.78. The van der Waals surface area contributed by atoms with E-state index in [-0.39, 0.29) is 5.69 Å². The molecule has 0 amide bonds. The molecule has 0 fully saturated rings. The number of carboxylic acids is 1. The molecule has 0 spiro atoms. The van der Waals surface area contributed by atoms with Crippen LogP contribution in [0, 0.1) is 0 Å². The molecule has 0 saturated heterocycles. The minimum absolute atomic E-state index is 0.0941. The molecule has 0 aliphatic heterocycles. The maximum absolute atomic E-state index is 10.7. The normalized spacial score (nSPS) is 10.4. The number of methoxy groups -OCH3 is 1. The van der Waals surface area contributed by atoms with E-state index in [0.717, 1.165) is 8.95 Å². The molecule has 1 heterocycles. The number of benzene rings is 1. The van der Waals surface area contributed by atoms with E-state index in [4.69, 9.17) is 14.6 Å². The van der Waals surface area contributed by atoms with E-state index in [1.165, 1.54) is 10.9 Å². The molecule has 7 nitrogen and oxygen atoms in total. The van der Waals surface area contributed by atoms with Crippen LogP contribution >= 0.6 is 31.9 Å². The number of halogens is 2. The SMILES string of the molecule is COc1cc(Br)c(OCCn2cc(C(=O)O)nn2)cc1Br. The Labute approximate surface area is 137 Å². The molecule has 1 aromatic carbocycles. The molecular formula is C12H11Br2N3O4. The molecule has 0 unspecified atom stereocenters. The topological polar surface area (TPSA) is 86.5 Å². The van der Waals surface area contributed by atoms with Gasteiger partial charge >= 0.3 is 5.97 Å². The van der Waals surface area contributed by atoms with E-state index in [2.05, 4.69) is 42.2 Å². The van der Waals surface area contributed by atoms with E-state index in [1.54, 1.807) is 19.2 Å². The average Bonchev–Trinajstić information content (AvgIpc) is 2.91. The van der Waals surface area contributed by atoms with Gasteiger partial charge in [-0.15, -0.1) is 5.10 Å². The summed E-state index contributed by atoms with van der Waals surface area (Å²) in [5, 5.41) is 16.0. The number of rotatable bonds is 6. The van der Waals surface area contributed by atoms with Gasteiger partial charge in [0.2, 0.25) is 0 Å². The smallest absolute Gasteiger partial charge is 0.358 e. The standard InChI is InChI=1S/C12H11Br2N3O4/c1-20-10-4-8(14)11(5-7(10)13)21-3-2-17-6-9(12(18)19)15-16-17/h4-6H,2-3H2,1H3,(H,18,19). The van der Waals surface area contributed by atoms with Crippen LogP contribution in [0.5, 0.6) is 11.5 Å². The van der Waals surface area contributed by atoms with Gasteiger partial charge in [0.25, 0.3) is 0 Å². The van der Waals surface area contributed by atoms with Crippen molar-refractivity contribution in [2.75, 3.05) is 13.7 Å². The number of aromatic nitrogens is 3. The summed E-state index contributed by atoms with van der Waals surface area (Å²) in [7, 11) is 1.58. The van der Waals surface area contributed by atoms with Crippen molar-refractivity contribution in [3.63, 3.8) is 0 Å². The molecule has 112 valence electrons. The Balaban J connectivity index is 1.96. The van der Waals surface area contributed by atoms with Gasteiger partial charge < -0.3 is 14.6 Å². The average molecular weight is 421 g/mol. The zero-order chi connectivity index (χ0) is 15.4. The van der Waals surface area contributed by atoms with Crippen molar-refractivity contribution in [2.24, 2.45) is 0 Å². The second kappa shape index (κ2) is 6.90. The van der Waals surface area contributed by atoms with Crippen LogP contribution in [0.2, 0.25) is 0 Å². The molecule has 0 aliphatic carbocycles. The third-order valence-electron chi connectivity index (χ3n) is 2.54. The molecule has 1 N–H and O–H groups in total. The lowest BCUT2D eigenvalue weighted by atomic mass is 10.3. The van der Waals surface area contributed by atoms with Crippen LogP contribution in [0.1, 0.15) is 10.5 Å². The molecule has 21 heavy (non-hydrogen) atoms. The van der Waals surface area contributed by atoms with Crippen LogP contribution < -0.4 is 9.47 Å². The zero-order valence-electron chi connectivity index (χ0n) is 10.9. The molecular weight excluding hydrogens is 410 g/mol. The minimum Gasteiger partial charge on any atom is -0.496 e. The number of hydrogen-bond donors (Lipinski definition) is 1. The van der Waals surface area contributed by atoms with Crippen molar-refractivity contribution in [2.45, 2.75) is 6.54 Å². The Hall–Kier alpha value is -1.61. The minimum atomic E-state index is -1.11. The Kier molecular flexibility index (Phi) is 5.18. The fourth-order valence-corrected chi connectivity index (χ4v) is 2.45. The highest BCUT2D eigenvalue weighted by molar-refractivity contribution is 9.11. The number of carboxylic acid groups (broad SMARTS) is 1. The van der Waals surface area contributed by atoms with Gasteiger partial charge in [-0.3, -0.25) is 0 Å². The molecule has 0 radical (unpaired) electrons. The summed E-state index contributed by atoms with van der Waals surface area (Å²) >= 11 is 6.77. The van der Waals surface area contributed by atoms with Crippen molar-refractivity contribution in [1.29, 1.82) is 0 Å². The van der Waals surface area contributed by atoms with Crippen molar-refractivity contribution < 1.29 is 19.4 Å². The van der Waals surface area contributed by atoms with Gasteiger partial charge in [0, 0.05) is 0 Å². The Morgan fingerprint density at radius 1 is 1.33 bits per heavy atom. The van der Waals surface area contributed by atoms with Crippen LogP contribution in [0.4, 0.5) is 0 Å². The predicted molar refractivity (Wildman–Crippen MR) is 80.9 cm³/mol. The maximum Gasteiger partial charge on any atom is 0.358 e. The first-order chi connectivity index (χ1) is 10.0. The van der Waals surface area contributed by atoms with Crippen molar-refractivity contribution >= 4 is 37.8 Å². The van der Waals surface area contributed by atoms with Crippen molar-refractivity contribution in [1.82, 2.24) is 15.0 Å². The van der Waals surface area contributed by atoms with Crippen molar-refractivity contribution in [3.05, 3.63) is 33.0 Å². The maximum atomic E-state index is 10.7. The number of aromatic carboxylic acids is 1. The quantitative estimate of drug-likeness (QED) is 0.772. The summed E-state index contributed by atoms with van der Waals surface area (Å²) in [6.45, 7) is 0.705. The highest BCUT2D eigenvalue weighted by Gasteiger charge is 2.10. The van der Waals surface area contributed by atoms with E-state index in [0.29, 0.717) is 24.7 Å². The summed E-state index contributed by atoms with van der Waals surface area (Å²) in [5.74, 6) is 0.224. The monoisotopic (exact) mass is 419 g/mol. The summed E-state index contributed by atoms with van der Waals surface area (Å²) < 4.78 is 13.7. The van der Waals surface area contributed by atoms with E-state index < -0.39 is 5.97 Å². The lowest BCUT2D eigenvalue weighted by molar-refractivity contribution is 0.0690. The summed E-state index contributed by atoms with van der Waals surface area (Å²) in [6.07, 6.45) is 1.35. The number of ether oxygens (including phenoxy) is 2. The highest BCUT2D eigenvalue weighted by Crippen LogP contribution is 2.35. The van der Waals surface area contributed by atoms with Gasteiger partial charge in [-0.25, -0.2) is 9.48 Å². The fraction of sp³-hybridized carbons (Fsp3) is 0.250. The fourth-order valence-electron chi connectivity index (χ4n) is 1.53. The predicted octanol–water partition coefficient (Wildman–Crippen LogP) is 2.59. The summed E-state index contributed by atoms with van der Waals surface area (Å²) in [5.41, 5.74) is -0.0941. The Bertz CT molecular complexity index is 660. The van der Waals surface area contributed by atoms with Gasteiger partial charge in [-0.2, -0.15) is 0 Å². The molecule has 0 atom stereocenters. The number of carbonyl (C=O) groups is 1. The van der Waals surface area contributed by atoms with E-state index in [1.807, 2.05) is 0 Å². The Morgan fingerprint density at radius 3 is 2.62 bits per heavy atom. The summed E-state index contributed by atoms with van der Waals surface area (Å²) in [4.78, 5) is 10.7. The van der Waals surface area contributed by atoms with E-state index in [9.17, 15) is 4.79 Å². The van der Waals surface area contributed by atoms with Gasteiger partial charge in [0.15, 0.2) is 5.69 Å². The lowest BCUT2D eigenvalue weighted by Crippen LogP contribution is -2.09. The second-order valence-electron chi connectivity index (χ2n) is 3.94.